The van der Waals surface area contributed by atoms with E-state index < -0.39 is 0 Å². The molecule has 0 aromatic carbocycles. The largest absolute Gasteiger partial charge is 0.465 e. The van der Waals surface area contributed by atoms with Crippen LogP contribution in [0.5, 0.6) is 0 Å². The van der Waals surface area contributed by atoms with Crippen LogP contribution in [-0.2, 0) is 14.3 Å². The number of alkyl halides is 1. The van der Waals surface area contributed by atoms with Gasteiger partial charge in [0, 0.05) is 13.1 Å². The quantitative estimate of drug-likeness (QED) is 0.538. The molecule has 1 aliphatic heterocycles. The predicted molar refractivity (Wildman–Crippen MR) is 56.7 cm³/mol. The maximum Gasteiger partial charge on any atom is 0.310 e. The molecule has 0 aromatic rings. The number of carbonyl (C=O) groups excluding carboxylic acids is 2. The van der Waals surface area contributed by atoms with Gasteiger partial charge in [-0.2, -0.15) is 0 Å². The summed E-state index contributed by atoms with van der Waals surface area (Å²) in [6.45, 7) is 3.47. The highest BCUT2D eigenvalue weighted by atomic mass is 35.5. The number of hydrogen-bond donors (Lipinski definition) is 0. The Kier molecular flexibility index (Phi) is 4.88. The maximum atomic E-state index is 11.5. The van der Waals surface area contributed by atoms with Crippen LogP contribution in [0, 0.1) is 5.92 Å². The van der Waals surface area contributed by atoms with Crippen molar-refractivity contribution in [3.8, 4) is 0 Å². The fourth-order valence-electron chi connectivity index (χ4n) is 1.58. The Morgan fingerprint density at radius 1 is 1.53 bits per heavy atom. The van der Waals surface area contributed by atoms with E-state index in [0.717, 1.165) is 6.42 Å². The van der Waals surface area contributed by atoms with Gasteiger partial charge in [-0.15, -0.1) is 11.6 Å². The molecule has 1 rings (SSSR count). The summed E-state index contributed by atoms with van der Waals surface area (Å²) < 4.78 is 5.03. The number of carbonyl (C=O) groups is 2. The van der Waals surface area contributed by atoms with Gasteiger partial charge in [0.1, 0.15) is 5.88 Å². The number of esters is 1. The molecule has 0 radical (unpaired) electrons. The van der Waals surface area contributed by atoms with Crippen molar-refractivity contribution < 1.29 is 14.3 Å². The molecule has 1 atom stereocenters. The smallest absolute Gasteiger partial charge is 0.310 e. The van der Waals surface area contributed by atoms with Gasteiger partial charge in [-0.05, 0) is 12.8 Å². The third-order valence-electron chi connectivity index (χ3n) is 2.44. The highest BCUT2D eigenvalue weighted by Gasteiger charge is 2.31. The lowest BCUT2D eigenvalue weighted by Crippen LogP contribution is -2.31. The van der Waals surface area contributed by atoms with Crippen LogP contribution in [0.4, 0.5) is 0 Å². The van der Waals surface area contributed by atoms with E-state index >= 15 is 0 Å². The van der Waals surface area contributed by atoms with Crippen molar-refractivity contribution in [1.82, 2.24) is 4.90 Å². The third kappa shape index (κ3) is 3.38. The molecule has 1 unspecified atom stereocenters. The van der Waals surface area contributed by atoms with E-state index in [-0.39, 0.29) is 23.7 Å². The summed E-state index contributed by atoms with van der Waals surface area (Å²) in [5, 5.41) is 0. The number of amides is 1. The second kappa shape index (κ2) is 5.95. The monoisotopic (exact) mass is 233 g/mol. The number of hydrogen-bond acceptors (Lipinski definition) is 3. The molecule has 0 bridgehead atoms. The normalized spacial score (nSPS) is 20.4. The van der Waals surface area contributed by atoms with Gasteiger partial charge in [0.2, 0.25) is 5.91 Å². The highest BCUT2D eigenvalue weighted by molar-refractivity contribution is 6.27. The first-order valence-corrected chi connectivity index (χ1v) is 5.72. The number of rotatable bonds is 4. The molecular weight excluding hydrogens is 218 g/mol. The Morgan fingerprint density at radius 3 is 2.87 bits per heavy atom. The Balaban J connectivity index is 2.35. The number of likely N-dealkylation sites (tertiary alicyclic amines) is 1. The van der Waals surface area contributed by atoms with Gasteiger partial charge in [-0.25, -0.2) is 0 Å². The van der Waals surface area contributed by atoms with Crippen molar-refractivity contribution in [1.29, 1.82) is 0 Å². The van der Waals surface area contributed by atoms with Crippen LogP contribution in [-0.4, -0.2) is 42.4 Å². The van der Waals surface area contributed by atoms with Gasteiger partial charge < -0.3 is 9.64 Å². The second-order valence-corrected chi connectivity index (χ2v) is 3.89. The molecule has 0 spiro atoms. The zero-order chi connectivity index (χ0) is 11.3. The topological polar surface area (TPSA) is 46.6 Å². The summed E-state index contributed by atoms with van der Waals surface area (Å²) in [4.78, 5) is 24.3. The molecule has 1 heterocycles. The minimum absolute atomic E-state index is 0.0171. The minimum Gasteiger partial charge on any atom is -0.465 e. The number of nitrogens with zero attached hydrogens (tertiary/aromatic N) is 1. The van der Waals surface area contributed by atoms with Gasteiger partial charge in [0.15, 0.2) is 0 Å². The van der Waals surface area contributed by atoms with Crippen LogP contribution < -0.4 is 0 Å². The maximum absolute atomic E-state index is 11.5. The first-order chi connectivity index (χ1) is 7.19. The van der Waals surface area contributed by atoms with Crippen LogP contribution in [0.25, 0.3) is 0 Å². The summed E-state index contributed by atoms with van der Waals surface area (Å²) >= 11 is 5.44. The summed E-state index contributed by atoms with van der Waals surface area (Å²) in [6.07, 6.45) is 1.51. The molecule has 0 N–H and O–H groups in total. The van der Waals surface area contributed by atoms with Crippen molar-refractivity contribution in [3.05, 3.63) is 0 Å². The molecule has 1 amide bonds. The van der Waals surface area contributed by atoms with Crippen LogP contribution in [0.3, 0.4) is 0 Å². The molecule has 15 heavy (non-hydrogen) atoms. The fourth-order valence-corrected chi connectivity index (χ4v) is 1.75. The van der Waals surface area contributed by atoms with Gasteiger partial charge in [-0.1, -0.05) is 6.92 Å². The van der Waals surface area contributed by atoms with E-state index in [9.17, 15) is 9.59 Å². The highest BCUT2D eigenvalue weighted by Crippen LogP contribution is 2.18. The molecule has 1 aliphatic rings. The van der Waals surface area contributed by atoms with Crippen molar-refractivity contribution >= 4 is 23.5 Å². The van der Waals surface area contributed by atoms with Crippen LogP contribution >= 0.6 is 11.6 Å². The van der Waals surface area contributed by atoms with E-state index in [4.69, 9.17) is 16.3 Å². The molecular formula is C10H16ClNO3. The first-order valence-electron chi connectivity index (χ1n) is 5.19. The summed E-state index contributed by atoms with van der Waals surface area (Å²) in [5.41, 5.74) is 0. The van der Waals surface area contributed by atoms with E-state index in [1.807, 2.05) is 6.92 Å². The summed E-state index contributed by atoms with van der Waals surface area (Å²) in [5.74, 6) is -0.482. The summed E-state index contributed by atoms with van der Waals surface area (Å²) in [6, 6.07) is 0. The molecule has 1 saturated heterocycles. The zero-order valence-electron chi connectivity index (χ0n) is 8.87. The molecule has 4 nitrogen and oxygen atoms in total. The van der Waals surface area contributed by atoms with E-state index in [1.165, 1.54) is 0 Å². The average Bonchev–Trinajstić information content (AvgIpc) is 2.74. The van der Waals surface area contributed by atoms with Gasteiger partial charge in [0.05, 0.1) is 12.5 Å². The fraction of sp³-hybridized carbons (Fsp3) is 0.800. The molecule has 0 aromatic heterocycles. The second-order valence-electron chi connectivity index (χ2n) is 3.63. The van der Waals surface area contributed by atoms with Gasteiger partial charge in [0.25, 0.3) is 0 Å². The van der Waals surface area contributed by atoms with Crippen LogP contribution in [0.1, 0.15) is 19.8 Å². The zero-order valence-corrected chi connectivity index (χ0v) is 9.63. The van der Waals surface area contributed by atoms with Gasteiger partial charge in [-0.3, -0.25) is 9.59 Å². The van der Waals surface area contributed by atoms with Crippen LogP contribution in [0.2, 0.25) is 0 Å². The lowest BCUT2D eigenvalue weighted by molar-refractivity contribution is -0.148. The predicted octanol–water partition coefficient (Wildman–Crippen LogP) is 1.03. The van der Waals surface area contributed by atoms with E-state index in [0.29, 0.717) is 26.1 Å². The molecule has 0 aliphatic carbocycles. The van der Waals surface area contributed by atoms with Crippen LogP contribution in [0.15, 0.2) is 0 Å². The lowest BCUT2D eigenvalue weighted by Gasteiger charge is -2.14. The Bertz CT molecular complexity index is 245. The standard InChI is InChI=1S/C10H16ClNO3/c1-2-5-15-10(14)8-3-4-12(7-8)9(13)6-11/h8H,2-7H2,1H3. The summed E-state index contributed by atoms with van der Waals surface area (Å²) in [7, 11) is 0. The Labute approximate surface area is 94.5 Å². The average molecular weight is 234 g/mol. The molecule has 1 fully saturated rings. The van der Waals surface area contributed by atoms with E-state index in [1.54, 1.807) is 4.90 Å². The number of halogens is 1. The van der Waals surface area contributed by atoms with Crippen molar-refractivity contribution in [3.63, 3.8) is 0 Å². The van der Waals surface area contributed by atoms with Crippen molar-refractivity contribution in [2.45, 2.75) is 19.8 Å². The molecule has 0 saturated carbocycles. The lowest BCUT2D eigenvalue weighted by atomic mass is 10.1. The van der Waals surface area contributed by atoms with Gasteiger partial charge >= 0.3 is 5.97 Å². The number of ether oxygens (including phenoxy) is 1. The Morgan fingerprint density at radius 2 is 2.27 bits per heavy atom. The van der Waals surface area contributed by atoms with E-state index in [2.05, 4.69) is 0 Å². The van der Waals surface area contributed by atoms with Crippen molar-refractivity contribution in [2.75, 3.05) is 25.6 Å². The van der Waals surface area contributed by atoms with Crippen molar-refractivity contribution in [2.24, 2.45) is 5.92 Å². The SMILES string of the molecule is CCCOC(=O)C1CCN(C(=O)CCl)C1. The molecule has 5 heteroatoms. The molecule has 86 valence electrons. The minimum atomic E-state index is -0.193. The third-order valence-corrected chi connectivity index (χ3v) is 2.67. The first kappa shape index (κ1) is 12.3. The Hall–Kier alpha value is -0.770.